The SMILES string of the molecule is CC1(C)OB(c2cccc(-c3cccc4c3sc3c(-c5ccccc5)cccc34)c2)OC1(C)C.Clc1nc(-c2ccccc2)nc(-c2cccc3oc4c(-c5ccccc5)cc(-c5ccccc5)cc4c23)n1.c1ccc(-c2cc(-c3ccccc3)c3oc4cccc(-c5nc(-c6ccccc6)nc(-c6cccc(-c7cccc8c7sc7c(-c9ccccc9)cccc78)c6)n5)c4c3c2)cc1. The van der Waals surface area contributed by atoms with Gasteiger partial charge in [-0.25, -0.2) is 19.9 Å². The molecule has 0 saturated carbocycles. The summed E-state index contributed by atoms with van der Waals surface area (Å²) in [6, 6.07) is 148. The molecule has 1 saturated heterocycles. The molecule has 0 radical (unpaired) electrons. The summed E-state index contributed by atoms with van der Waals surface area (Å²) < 4.78 is 31.2. The Balaban J connectivity index is 0.000000121. The van der Waals surface area contributed by atoms with Gasteiger partial charge in [0.25, 0.3) is 0 Å². The Labute approximate surface area is 788 Å². The minimum atomic E-state index is -0.365. The fraction of sp³-hybridized carbons (Fsp3) is 0.0500. The smallest absolute Gasteiger partial charge is 0.455 e. The molecule has 6 aromatic heterocycles. The highest BCUT2D eigenvalue weighted by molar-refractivity contribution is 7.27. The molecule has 24 aromatic rings. The third kappa shape index (κ3) is 15.6. The van der Waals surface area contributed by atoms with Crippen molar-refractivity contribution in [3.8, 4) is 146 Å². The van der Waals surface area contributed by atoms with Crippen LogP contribution in [0, 0.1) is 0 Å². The van der Waals surface area contributed by atoms with Gasteiger partial charge in [0.1, 0.15) is 22.3 Å². The number of thiophene rings is 2. The van der Waals surface area contributed by atoms with Gasteiger partial charge < -0.3 is 18.1 Å². The monoisotopic (exact) mass is 1780 g/mol. The molecule has 1 aliphatic heterocycles. The molecule has 0 N–H and O–H groups in total. The number of aromatic nitrogens is 6. The maximum Gasteiger partial charge on any atom is 0.494 e. The standard InChI is InChI=1S/C57H35N3OS.C33H20ClN3O.C30H27BO2S/c1-5-17-36(18-6-1)42-34-48(38-21-9-3-10-22-38)52-49(35-42)51-47(31-16-32-50(51)61-52)57-59-55(39-23-11-4-12-24-39)58-56(60-57)41-26-13-25-40(33-41)44-28-15-30-46-45-29-14-27-43(53(45)62-54(44)46)37-19-7-2-8-20-37;34-33-36-31(23-15-8-3-9-16-23)35-32(37-33)25-17-10-18-28-29(25)27-20-24(21-11-4-1-5-12-21)19-26(30(27)38-28)22-13-6-2-7-14-22;1-29(2)30(3,4)33-31(32-29)22-14-8-13-21(19-22)24-16-10-18-26-25-17-9-15-23(27(25)34-28(24)26)20-11-6-5-7-12-20/h1-35H;1-20H;5-19H,1-4H3. The van der Waals surface area contributed by atoms with Crippen molar-refractivity contribution in [3.05, 3.63) is 430 Å². The highest BCUT2D eigenvalue weighted by atomic mass is 35.5. The van der Waals surface area contributed by atoms with Gasteiger partial charge in [-0.2, -0.15) is 9.97 Å². The molecule has 10 nitrogen and oxygen atoms in total. The summed E-state index contributed by atoms with van der Waals surface area (Å²) >= 11 is 10.2. The number of benzene rings is 18. The molecule has 0 unspecified atom stereocenters. The molecule has 0 spiro atoms. The van der Waals surface area contributed by atoms with E-state index >= 15 is 0 Å². The van der Waals surface area contributed by atoms with Crippen molar-refractivity contribution in [3.63, 3.8) is 0 Å². The van der Waals surface area contributed by atoms with Gasteiger partial charge in [0, 0.05) is 101 Å². The summed E-state index contributed by atoms with van der Waals surface area (Å²) in [7, 11) is -0.365. The fourth-order valence-corrected chi connectivity index (χ4v) is 21.4. The maximum absolute atomic E-state index is 6.80. The molecule has 0 amide bonds. The van der Waals surface area contributed by atoms with Crippen LogP contribution < -0.4 is 5.46 Å². The molecule has 7 heterocycles. The zero-order chi connectivity index (χ0) is 90.0. The lowest BCUT2D eigenvalue weighted by molar-refractivity contribution is 0.00578. The molecule has 25 rings (SSSR count). The Morgan fingerprint density at radius 2 is 0.507 bits per heavy atom. The van der Waals surface area contributed by atoms with Gasteiger partial charge in [-0.1, -0.05) is 382 Å². The molecule has 0 atom stereocenters. The van der Waals surface area contributed by atoms with Crippen molar-refractivity contribution < 1.29 is 18.1 Å². The number of nitrogens with zero attached hydrogens (tertiary/aromatic N) is 6. The summed E-state index contributed by atoms with van der Waals surface area (Å²) in [5, 5.41) is 9.20. The van der Waals surface area contributed by atoms with E-state index in [4.69, 9.17) is 49.7 Å². The van der Waals surface area contributed by atoms with E-state index in [0.29, 0.717) is 29.1 Å². The predicted molar refractivity (Wildman–Crippen MR) is 558 cm³/mol. The summed E-state index contributed by atoms with van der Waals surface area (Å²) in [5.41, 5.74) is 26.4. The predicted octanol–water partition coefficient (Wildman–Crippen LogP) is 32.6. The maximum atomic E-state index is 6.80. The highest BCUT2D eigenvalue weighted by Crippen LogP contribution is 2.50. The zero-order valence-electron chi connectivity index (χ0n) is 73.5. The molecule has 14 heteroatoms. The van der Waals surface area contributed by atoms with Crippen LogP contribution in [0.15, 0.2) is 433 Å². The van der Waals surface area contributed by atoms with Crippen molar-refractivity contribution >= 4 is 131 Å². The lowest BCUT2D eigenvalue weighted by Crippen LogP contribution is -2.41. The molecule has 18 aromatic carbocycles. The first kappa shape index (κ1) is 82.7. The van der Waals surface area contributed by atoms with E-state index in [2.05, 4.69) is 353 Å². The highest BCUT2D eigenvalue weighted by Gasteiger charge is 2.52. The van der Waals surface area contributed by atoms with E-state index < -0.39 is 0 Å². The lowest BCUT2D eigenvalue weighted by Gasteiger charge is -2.32. The van der Waals surface area contributed by atoms with Gasteiger partial charge in [-0.15, -0.1) is 22.7 Å². The van der Waals surface area contributed by atoms with Gasteiger partial charge in [0.05, 0.1) is 11.2 Å². The summed E-state index contributed by atoms with van der Waals surface area (Å²) in [6.07, 6.45) is 0. The topological polar surface area (TPSA) is 122 Å². The van der Waals surface area contributed by atoms with Crippen LogP contribution in [0.5, 0.6) is 0 Å². The Hall–Kier alpha value is -15.7. The van der Waals surface area contributed by atoms with E-state index in [-0.39, 0.29) is 23.6 Å². The van der Waals surface area contributed by atoms with E-state index in [1.165, 1.54) is 79.3 Å². The van der Waals surface area contributed by atoms with Gasteiger partial charge in [-0.3, -0.25) is 0 Å². The summed E-state index contributed by atoms with van der Waals surface area (Å²) in [5.74, 6) is 2.82. The number of halogens is 1. The van der Waals surface area contributed by atoms with Gasteiger partial charge in [0.15, 0.2) is 29.1 Å². The van der Waals surface area contributed by atoms with Crippen LogP contribution in [0.1, 0.15) is 27.7 Å². The summed E-state index contributed by atoms with van der Waals surface area (Å²) in [4.78, 5) is 29.4. The number of furan rings is 2. The molecular formula is C120H82BClN6O4S2. The normalized spacial score (nSPS) is 12.9. The number of hydrogen-bond acceptors (Lipinski definition) is 12. The quantitative estimate of drug-likeness (QED) is 0.0973. The molecular weight excluding hydrogens is 1700 g/mol. The third-order valence-corrected chi connectivity index (χ3v) is 28.5. The number of hydrogen-bond donors (Lipinski definition) is 0. The number of rotatable bonds is 14. The first-order chi connectivity index (χ1) is 65.8. The van der Waals surface area contributed by atoms with Crippen LogP contribution in [-0.4, -0.2) is 48.2 Å². The molecule has 638 valence electrons. The van der Waals surface area contributed by atoms with Gasteiger partial charge in [0.2, 0.25) is 5.28 Å². The van der Waals surface area contributed by atoms with Crippen LogP contribution in [0.2, 0.25) is 5.28 Å². The Morgan fingerprint density at radius 1 is 0.224 bits per heavy atom. The second kappa shape index (κ2) is 34.9. The Bertz CT molecular complexity index is 8560. The van der Waals surface area contributed by atoms with Crippen LogP contribution in [0.25, 0.3) is 230 Å². The minimum Gasteiger partial charge on any atom is -0.455 e. The van der Waals surface area contributed by atoms with Crippen LogP contribution in [0.3, 0.4) is 0 Å². The lowest BCUT2D eigenvalue weighted by atomic mass is 9.78. The van der Waals surface area contributed by atoms with E-state index in [9.17, 15) is 0 Å². The summed E-state index contributed by atoms with van der Waals surface area (Å²) in [6.45, 7) is 8.39. The van der Waals surface area contributed by atoms with Gasteiger partial charge in [-0.05, 0) is 165 Å². The van der Waals surface area contributed by atoms with Crippen LogP contribution in [-0.2, 0) is 9.31 Å². The molecule has 1 aliphatic rings. The largest absolute Gasteiger partial charge is 0.494 e. The first-order valence-corrected chi connectivity index (χ1v) is 46.9. The Morgan fingerprint density at radius 3 is 0.910 bits per heavy atom. The van der Waals surface area contributed by atoms with Crippen molar-refractivity contribution in [2.75, 3.05) is 0 Å². The van der Waals surface area contributed by atoms with Crippen molar-refractivity contribution in [2.24, 2.45) is 0 Å². The molecule has 134 heavy (non-hydrogen) atoms. The van der Waals surface area contributed by atoms with Crippen molar-refractivity contribution in [2.45, 2.75) is 38.9 Å². The van der Waals surface area contributed by atoms with E-state index in [1.54, 1.807) is 0 Å². The van der Waals surface area contributed by atoms with E-state index in [0.717, 1.165) is 127 Å². The molecule has 1 fully saturated rings. The van der Waals surface area contributed by atoms with Crippen LogP contribution in [0.4, 0.5) is 0 Å². The molecule has 0 aliphatic carbocycles. The zero-order valence-corrected chi connectivity index (χ0v) is 75.9. The molecule has 0 bridgehead atoms. The Kier molecular flexibility index (Phi) is 21.5. The fourth-order valence-electron chi connectivity index (χ4n) is 18.5. The first-order valence-electron chi connectivity index (χ1n) is 44.9. The third-order valence-electron chi connectivity index (χ3n) is 25.7. The van der Waals surface area contributed by atoms with Crippen LogP contribution >= 0.6 is 34.3 Å². The average Bonchev–Trinajstić information content (AvgIpc) is 1.48. The van der Waals surface area contributed by atoms with E-state index in [1.807, 2.05) is 132 Å². The van der Waals surface area contributed by atoms with Crippen molar-refractivity contribution in [1.29, 1.82) is 0 Å². The second-order valence-corrected chi connectivity index (χ2v) is 37.0. The van der Waals surface area contributed by atoms with Crippen molar-refractivity contribution in [1.82, 2.24) is 29.9 Å². The average molecular weight is 1780 g/mol. The minimum absolute atomic E-state index is 0.147. The van der Waals surface area contributed by atoms with Gasteiger partial charge >= 0.3 is 7.12 Å². The second-order valence-electron chi connectivity index (χ2n) is 34.6. The number of fused-ring (bicyclic) bond motifs is 12.